The van der Waals surface area contributed by atoms with E-state index in [9.17, 15) is 13.2 Å². The van der Waals surface area contributed by atoms with Crippen molar-refractivity contribution in [1.82, 2.24) is 14.9 Å². The molecule has 0 saturated heterocycles. The van der Waals surface area contributed by atoms with Gasteiger partial charge in [-0.05, 0) is 26.0 Å². The Morgan fingerprint density at radius 2 is 1.60 bits per heavy atom. The van der Waals surface area contributed by atoms with Crippen LogP contribution in [0.1, 0.15) is 22.8 Å². The number of alkyl halides is 3. The van der Waals surface area contributed by atoms with Gasteiger partial charge in [0.1, 0.15) is 0 Å². The molecule has 0 amide bonds. The summed E-state index contributed by atoms with van der Waals surface area (Å²) in [6.45, 7) is 3.40. The molecule has 2 rings (SSSR count). The topological polar surface area (TPSA) is 69.1 Å². The molecule has 2 N–H and O–H groups in total. The number of benzene rings is 1. The van der Waals surface area contributed by atoms with E-state index in [0.29, 0.717) is 17.2 Å². The summed E-state index contributed by atoms with van der Waals surface area (Å²) in [5, 5.41) is 11.7. The number of hydrogen-bond acceptors (Lipinski definition) is 3. The Labute approximate surface area is 112 Å². The van der Waals surface area contributed by atoms with Gasteiger partial charge in [0.2, 0.25) is 0 Å². The molecule has 0 saturated carbocycles. The number of aromatic nitrogens is 3. The second-order valence-corrected chi connectivity index (χ2v) is 4.17. The van der Waals surface area contributed by atoms with E-state index in [1.807, 2.05) is 0 Å². The summed E-state index contributed by atoms with van der Waals surface area (Å²) in [7, 11) is 0. The summed E-state index contributed by atoms with van der Waals surface area (Å²) < 4.78 is 38.8. The second kappa shape index (κ2) is 4.95. The van der Waals surface area contributed by atoms with Crippen molar-refractivity contribution < 1.29 is 13.2 Å². The number of nitrogens with zero attached hydrogens (tertiary/aromatic N) is 4. The average Bonchev–Trinajstić information content (AvgIpc) is 2.69. The lowest BCUT2D eigenvalue weighted by Gasteiger charge is -2.07. The smallest absolute Gasteiger partial charge is 0.382 e. The first-order valence-corrected chi connectivity index (χ1v) is 5.70. The molecule has 106 valence electrons. The number of amidine groups is 1. The number of aryl methyl sites for hydroxylation is 2. The van der Waals surface area contributed by atoms with E-state index in [1.54, 1.807) is 13.8 Å². The zero-order valence-electron chi connectivity index (χ0n) is 10.8. The minimum Gasteiger partial charge on any atom is -0.382 e. The molecule has 0 fully saturated rings. The molecule has 0 bridgehead atoms. The maximum absolute atomic E-state index is 12.4. The standard InChI is InChI=1S/C12H12F3N5/c1-7-17-18-8(2)20(7)19-11(16)9-3-5-10(6-4-9)12(13,14)15/h3-6H,1-2H3,(H2,16,19). The lowest BCUT2D eigenvalue weighted by Crippen LogP contribution is -2.16. The fraction of sp³-hybridized carbons (Fsp3) is 0.250. The van der Waals surface area contributed by atoms with Gasteiger partial charge in [0.05, 0.1) is 5.56 Å². The lowest BCUT2D eigenvalue weighted by atomic mass is 10.1. The van der Waals surface area contributed by atoms with E-state index in [0.717, 1.165) is 12.1 Å². The first-order valence-electron chi connectivity index (χ1n) is 5.70. The van der Waals surface area contributed by atoms with Crippen LogP contribution in [0.3, 0.4) is 0 Å². The van der Waals surface area contributed by atoms with Crippen molar-refractivity contribution >= 4 is 5.84 Å². The van der Waals surface area contributed by atoms with Crippen LogP contribution < -0.4 is 5.73 Å². The first-order chi connectivity index (χ1) is 9.29. The highest BCUT2D eigenvalue weighted by atomic mass is 19.4. The molecule has 0 aliphatic rings. The predicted molar refractivity (Wildman–Crippen MR) is 67.1 cm³/mol. The molecule has 0 aliphatic heterocycles. The van der Waals surface area contributed by atoms with Gasteiger partial charge < -0.3 is 5.73 Å². The number of hydrogen-bond donors (Lipinski definition) is 1. The molecule has 0 radical (unpaired) electrons. The molecule has 1 aromatic carbocycles. The largest absolute Gasteiger partial charge is 0.416 e. The van der Waals surface area contributed by atoms with Gasteiger partial charge in [0.25, 0.3) is 0 Å². The summed E-state index contributed by atoms with van der Waals surface area (Å²) in [5.74, 6) is 1.17. The van der Waals surface area contributed by atoms with E-state index in [1.165, 1.54) is 16.8 Å². The van der Waals surface area contributed by atoms with Crippen molar-refractivity contribution in [2.24, 2.45) is 10.8 Å². The minimum atomic E-state index is -4.37. The molecule has 5 nitrogen and oxygen atoms in total. The van der Waals surface area contributed by atoms with Crippen molar-refractivity contribution in [1.29, 1.82) is 0 Å². The Balaban J connectivity index is 2.32. The number of rotatable bonds is 2. The van der Waals surface area contributed by atoms with Gasteiger partial charge in [0.15, 0.2) is 17.5 Å². The molecule has 8 heteroatoms. The van der Waals surface area contributed by atoms with Crippen LogP contribution in [0, 0.1) is 13.8 Å². The molecule has 0 spiro atoms. The predicted octanol–water partition coefficient (Wildman–Crippen LogP) is 2.08. The average molecular weight is 283 g/mol. The van der Waals surface area contributed by atoms with E-state index in [4.69, 9.17) is 5.73 Å². The Morgan fingerprint density at radius 3 is 2.05 bits per heavy atom. The van der Waals surface area contributed by atoms with Crippen LogP contribution in [-0.2, 0) is 6.18 Å². The quantitative estimate of drug-likeness (QED) is 0.677. The van der Waals surface area contributed by atoms with Crippen LogP contribution in [-0.4, -0.2) is 20.7 Å². The summed E-state index contributed by atoms with van der Waals surface area (Å²) in [6, 6.07) is 4.47. The van der Waals surface area contributed by atoms with Crippen LogP contribution in [0.5, 0.6) is 0 Å². The molecule has 2 aromatic rings. The van der Waals surface area contributed by atoms with Crippen molar-refractivity contribution in [2.45, 2.75) is 20.0 Å². The van der Waals surface area contributed by atoms with Gasteiger partial charge in [-0.1, -0.05) is 12.1 Å². The molecular weight excluding hydrogens is 271 g/mol. The molecule has 1 heterocycles. The highest BCUT2D eigenvalue weighted by Crippen LogP contribution is 2.29. The molecular formula is C12H12F3N5. The van der Waals surface area contributed by atoms with Crippen LogP contribution in [0.15, 0.2) is 29.4 Å². The van der Waals surface area contributed by atoms with Crippen LogP contribution >= 0.6 is 0 Å². The fourth-order valence-corrected chi connectivity index (χ4v) is 1.60. The third-order valence-electron chi connectivity index (χ3n) is 2.67. The lowest BCUT2D eigenvalue weighted by molar-refractivity contribution is -0.137. The van der Waals surface area contributed by atoms with Crippen molar-refractivity contribution in [3.8, 4) is 0 Å². The van der Waals surface area contributed by atoms with Crippen LogP contribution in [0.2, 0.25) is 0 Å². The molecule has 0 aliphatic carbocycles. The highest BCUT2D eigenvalue weighted by molar-refractivity contribution is 5.97. The Morgan fingerprint density at radius 1 is 1.10 bits per heavy atom. The normalized spacial score (nSPS) is 12.8. The highest BCUT2D eigenvalue weighted by Gasteiger charge is 2.30. The zero-order chi connectivity index (χ0) is 14.9. The van der Waals surface area contributed by atoms with Gasteiger partial charge >= 0.3 is 6.18 Å². The third kappa shape index (κ3) is 2.79. The van der Waals surface area contributed by atoms with Crippen molar-refractivity contribution in [2.75, 3.05) is 0 Å². The molecule has 1 aromatic heterocycles. The van der Waals surface area contributed by atoms with Crippen LogP contribution in [0.4, 0.5) is 13.2 Å². The summed E-state index contributed by atoms with van der Waals surface area (Å²) in [6.07, 6.45) is -4.37. The van der Waals surface area contributed by atoms with Gasteiger partial charge in [-0.2, -0.15) is 17.8 Å². The Kier molecular flexibility index (Phi) is 3.47. The minimum absolute atomic E-state index is 0.0877. The van der Waals surface area contributed by atoms with Gasteiger partial charge in [-0.3, -0.25) is 0 Å². The fourth-order valence-electron chi connectivity index (χ4n) is 1.60. The van der Waals surface area contributed by atoms with Crippen molar-refractivity contribution in [3.63, 3.8) is 0 Å². The monoisotopic (exact) mass is 283 g/mol. The van der Waals surface area contributed by atoms with E-state index >= 15 is 0 Å². The summed E-state index contributed by atoms with van der Waals surface area (Å²) in [4.78, 5) is 0. The maximum Gasteiger partial charge on any atom is 0.416 e. The summed E-state index contributed by atoms with van der Waals surface area (Å²) >= 11 is 0. The number of halogens is 3. The van der Waals surface area contributed by atoms with E-state index in [2.05, 4.69) is 15.3 Å². The first kappa shape index (κ1) is 14.0. The van der Waals surface area contributed by atoms with Crippen molar-refractivity contribution in [3.05, 3.63) is 47.0 Å². The molecule has 20 heavy (non-hydrogen) atoms. The second-order valence-electron chi connectivity index (χ2n) is 4.17. The molecule has 0 unspecified atom stereocenters. The molecule has 0 atom stereocenters. The SMILES string of the molecule is Cc1nnc(C)n1/N=C(\N)c1ccc(C(F)(F)F)cc1. The zero-order valence-corrected chi connectivity index (χ0v) is 10.8. The van der Waals surface area contributed by atoms with Gasteiger partial charge in [-0.15, -0.1) is 15.3 Å². The van der Waals surface area contributed by atoms with Crippen LogP contribution in [0.25, 0.3) is 0 Å². The van der Waals surface area contributed by atoms with E-state index in [-0.39, 0.29) is 5.84 Å². The number of nitrogens with two attached hydrogens (primary N) is 1. The Hall–Kier alpha value is -2.38. The Bertz CT molecular complexity index is 621. The third-order valence-corrected chi connectivity index (χ3v) is 2.67. The summed E-state index contributed by atoms with van der Waals surface area (Å²) in [5.41, 5.74) is 5.44. The van der Waals surface area contributed by atoms with Gasteiger partial charge in [0, 0.05) is 5.56 Å². The van der Waals surface area contributed by atoms with E-state index < -0.39 is 11.7 Å². The maximum atomic E-state index is 12.4. The van der Waals surface area contributed by atoms with Gasteiger partial charge in [-0.25, -0.2) is 0 Å².